The van der Waals surface area contributed by atoms with E-state index >= 15 is 0 Å². The van der Waals surface area contributed by atoms with Crippen molar-refractivity contribution in [2.75, 3.05) is 13.1 Å². The maximum Gasteiger partial charge on any atom is 0.417 e. The van der Waals surface area contributed by atoms with Gasteiger partial charge in [-0.2, -0.15) is 18.3 Å². The molecule has 5 rings (SSSR count). The zero-order valence-electron chi connectivity index (χ0n) is 18.9. The molecule has 0 unspecified atom stereocenters. The summed E-state index contributed by atoms with van der Waals surface area (Å²) >= 11 is 0. The van der Waals surface area contributed by atoms with Gasteiger partial charge in [0.05, 0.1) is 28.6 Å². The van der Waals surface area contributed by atoms with Gasteiger partial charge >= 0.3 is 6.18 Å². The van der Waals surface area contributed by atoms with E-state index in [0.29, 0.717) is 25.9 Å². The van der Waals surface area contributed by atoms with Crippen molar-refractivity contribution in [3.63, 3.8) is 0 Å². The number of carbonyl (C=O) groups excluding carboxylic acids is 1. The fourth-order valence-electron chi connectivity index (χ4n) is 4.65. The lowest BCUT2D eigenvalue weighted by molar-refractivity contribution is -0.138. The molecule has 2 heterocycles. The molecule has 0 atom stereocenters. The highest BCUT2D eigenvalue weighted by molar-refractivity contribution is 5.96. The number of hydrogen-bond acceptors (Lipinski definition) is 2. The van der Waals surface area contributed by atoms with Gasteiger partial charge in [-0.15, -0.1) is 0 Å². The van der Waals surface area contributed by atoms with E-state index in [1.54, 1.807) is 0 Å². The summed E-state index contributed by atoms with van der Waals surface area (Å²) in [6.45, 7) is 0.731. The summed E-state index contributed by atoms with van der Waals surface area (Å²) in [6, 6.07) is 27.0. The van der Waals surface area contributed by atoms with E-state index in [-0.39, 0.29) is 11.6 Å². The molecule has 1 aliphatic rings. The van der Waals surface area contributed by atoms with Gasteiger partial charge in [-0.25, -0.2) is 0 Å². The normalized spacial score (nSPS) is 14.8. The molecule has 1 saturated heterocycles. The van der Waals surface area contributed by atoms with E-state index < -0.39 is 17.6 Å². The first-order valence-electron chi connectivity index (χ1n) is 11.6. The molecular formula is C28H24F3N3O. The quantitative estimate of drug-likeness (QED) is 0.329. The van der Waals surface area contributed by atoms with Gasteiger partial charge in [0.2, 0.25) is 0 Å². The molecule has 1 aliphatic heterocycles. The Morgan fingerprint density at radius 1 is 0.800 bits per heavy atom. The third-order valence-electron chi connectivity index (χ3n) is 6.44. The Bertz CT molecular complexity index is 1310. The Morgan fingerprint density at radius 2 is 1.37 bits per heavy atom. The number of aromatic nitrogens is 2. The Balaban J connectivity index is 1.40. The molecule has 1 fully saturated rings. The number of likely N-dealkylation sites (tertiary alicyclic amines) is 1. The molecule has 0 spiro atoms. The number of alkyl halides is 3. The number of piperidine rings is 1. The summed E-state index contributed by atoms with van der Waals surface area (Å²) in [5, 5.41) is 4.92. The molecule has 4 nitrogen and oxygen atoms in total. The molecule has 35 heavy (non-hydrogen) atoms. The molecule has 0 saturated carbocycles. The van der Waals surface area contributed by atoms with E-state index in [0.717, 1.165) is 28.6 Å². The van der Waals surface area contributed by atoms with Crippen LogP contribution in [0.15, 0.2) is 91.0 Å². The van der Waals surface area contributed by atoms with Crippen LogP contribution in [0.4, 0.5) is 13.2 Å². The fraction of sp³-hybridized carbons (Fsp3) is 0.214. The Kier molecular flexibility index (Phi) is 6.16. The second-order valence-electron chi connectivity index (χ2n) is 8.66. The van der Waals surface area contributed by atoms with Crippen molar-refractivity contribution < 1.29 is 18.0 Å². The summed E-state index contributed by atoms with van der Waals surface area (Å²) in [7, 11) is 0. The van der Waals surface area contributed by atoms with Crippen molar-refractivity contribution in [3.05, 3.63) is 102 Å². The first kappa shape index (κ1) is 22.9. The van der Waals surface area contributed by atoms with E-state index in [9.17, 15) is 18.0 Å². The highest BCUT2D eigenvalue weighted by Gasteiger charge is 2.36. The number of hydrogen-bond donors (Lipinski definition) is 0. The summed E-state index contributed by atoms with van der Waals surface area (Å²) in [6.07, 6.45) is -3.36. The summed E-state index contributed by atoms with van der Waals surface area (Å²) < 4.78 is 42.3. The fourth-order valence-corrected chi connectivity index (χ4v) is 4.65. The van der Waals surface area contributed by atoms with Gasteiger partial charge in [0.15, 0.2) is 0 Å². The Hall–Kier alpha value is -3.87. The second-order valence-corrected chi connectivity index (χ2v) is 8.66. The van der Waals surface area contributed by atoms with Crippen LogP contribution in [-0.4, -0.2) is 33.7 Å². The lowest BCUT2D eigenvalue weighted by Gasteiger charge is -2.33. The number of amides is 1. The minimum absolute atomic E-state index is 0.0320. The van der Waals surface area contributed by atoms with Gasteiger partial charge in [0, 0.05) is 18.7 Å². The van der Waals surface area contributed by atoms with Gasteiger partial charge < -0.3 is 4.90 Å². The molecule has 0 aliphatic carbocycles. The number of benzene rings is 3. The van der Waals surface area contributed by atoms with Crippen LogP contribution in [0.1, 0.15) is 34.8 Å². The van der Waals surface area contributed by atoms with Crippen molar-refractivity contribution in [3.8, 4) is 22.5 Å². The predicted molar refractivity (Wildman–Crippen MR) is 129 cm³/mol. The van der Waals surface area contributed by atoms with Gasteiger partial charge in [-0.05, 0) is 36.6 Å². The summed E-state index contributed by atoms with van der Waals surface area (Å²) in [5.74, 6) is -0.579. The van der Waals surface area contributed by atoms with Crippen molar-refractivity contribution in [1.82, 2.24) is 14.7 Å². The van der Waals surface area contributed by atoms with Crippen LogP contribution in [0.3, 0.4) is 0 Å². The summed E-state index contributed by atoms with van der Waals surface area (Å²) in [4.78, 5) is 14.5. The molecule has 0 N–H and O–H groups in total. The van der Waals surface area contributed by atoms with Crippen LogP contribution in [-0.2, 0) is 6.18 Å². The van der Waals surface area contributed by atoms with Crippen LogP contribution in [0.2, 0.25) is 0 Å². The third-order valence-corrected chi connectivity index (χ3v) is 6.44. The monoisotopic (exact) mass is 475 g/mol. The SMILES string of the molecule is O=C(c1ccccc1C(F)(F)F)N1CCC(n2nc(-c3ccccc3)cc2-c2ccccc2)CC1. The third kappa shape index (κ3) is 4.71. The van der Waals surface area contributed by atoms with E-state index in [1.165, 1.54) is 23.1 Å². The Morgan fingerprint density at radius 3 is 2.00 bits per heavy atom. The highest BCUT2D eigenvalue weighted by atomic mass is 19.4. The second kappa shape index (κ2) is 9.41. The molecule has 4 aromatic rings. The maximum absolute atomic E-state index is 13.4. The molecule has 178 valence electrons. The first-order valence-corrected chi connectivity index (χ1v) is 11.6. The minimum atomic E-state index is -4.57. The molecule has 1 amide bonds. The van der Waals surface area contributed by atoms with E-state index in [1.807, 2.05) is 65.3 Å². The van der Waals surface area contributed by atoms with Gasteiger partial charge in [0.25, 0.3) is 5.91 Å². The minimum Gasteiger partial charge on any atom is -0.338 e. The van der Waals surface area contributed by atoms with E-state index in [4.69, 9.17) is 5.10 Å². The molecule has 0 radical (unpaired) electrons. The zero-order chi connectivity index (χ0) is 24.4. The number of rotatable bonds is 4. The van der Waals surface area contributed by atoms with Crippen molar-refractivity contribution in [2.45, 2.75) is 25.1 Å². The number of halogens is 3. The molecule has 0 bridgehead atoms. The number of carbonyl (C=O) groups is 1. The molecule has 7 heteroatoms. The topological polar surface area (TPSA) is 38.1 Å². The maximum atomic E-state index is 13.4. The van der Waals surface area contributed by atoms with Crippen LogP contribution in [0, 0.1) is 0 Å². The average molecular weight is 476 g/mol. The predicted octanol–water partition coefficient (Wildman–Crippen LogP) is 6.71. The van der Waals surface area contributed by atoms with Crippen LogP contribution in [0.25, 0.3) is 22.5 Å². The first-order chi connectivity index (χ1) is 16.9. The lowest BCUT2D eigenvalue weighted by atomic mass is 10.0. The van der Waals surface area contributed by atoms with Crippen molar-refractivity contribution in [1.29, 1.82) is 0 Å². The van der Waals surface area contributed by atoms with Gasteiger partial charge in [0.1, 0.15) is 0 Å². The largest absolute Gasteiger partial charge is 0.417 e. The van der Waals surface area contributed by atoms with Gasteiger partial charge in [-0.1, -0.05) is 72.8 Å². The van der Waals surface area contributed by atoms with Crippen molar-refractivity contribution in [2.24, 2.45) is 0 Å². The smallest absolute Gasteiger partial charge is 0.338 e. The molecule has 1 aromatic heterocycles. The lowest BCUT2D eigenvalue weighted by Crippen LogP contribution is -2.40. The number of nitrogens with zero attached hydrogens (tertiary/aromatic N) is 3. The summed E-state index contributed by atoms with van der Waals surface area (Å²) in [5.41, 5.74) is 2.71. The van der Waals surface area contributed by atoms with Crippen LogP contribution < -0.4 is 0 Å². The highest BCUT2D eigenvalue weighted by Crippen LogP contribution is 2.35. The Labute approximate surface area is 201 Å². The van der Waals surface area contributed by atoms with Crippen LogP contribution in [0.5, 0.6) is 0 Å². The molecular weight excluding hydrogens is 451 g/mol. The van der Waals surface area contributed by atoms with Gasteiger partial charge in [-0.3, -0.25) is 9.48 Å². The van der Waals surface area contributed by atoms with Crippen LogP contribution >= 0.6 is 0 Å². The van der Waals surface area contributed by atoms with Crippen molar-refractivity contribution >= 4 is 5.91 Å². The molecule has 3 aromatic carbocycles. The zero-order valence-corrected chi connectivity index (χ0v) is 18.9. The average Bonchev–Trinajstić information content (AvgIpc) is 3.35. The standard InChI is InChI=1S/C28H24F3N3O/c29-28(30,31)24-14-8-7-13-23(24)27(35)33-17-15-22(16-18-33)34-26(21-11-5-2-6-12-21)19-25(32-34)20-9-3-1-4-10-20/h1-14,19,22H,15-18H2. The van der Waals surface area contributed by atoms with E-state index in [2.05, 4.69) is 6.07 Å².